The van der Waals surface area contributed by atoms with E-state index in [9.17, 15) is 4.79 Å². The first-order valence-corrected chi connectivity index (χ1v) is 6.73. The smallest absolute Gasteiger partial charge is 0.180 e. The summed E-state index contributed by atoms with van der Waals surface area (Å²) in [6, 6.07) is 4.91. The quantitative estimate of drug-likeness (QED) is 0.800. The Morgan fingerprint density at radius 2 is 2.33 bits per heavy atom. The van der Waals surface area contributed by atoms with Crippen molar-refractivity contribution in [3.63, 3.8) is 0 Å². The molecule has 4 heteroatoms. The van der Waals surface area contributed by atoms with Crippen LogP contribution in [0.4, 0.5) is 5.82 Å². The van der Waals surface area contributed by atoms with Crippen LogP contribution in [0.3, 0.4) is 0 Å². The second kappa shape index (κ2) is 4.35. The van der Waals surface area contributed by atoms with Crippen molar-refractivity contribution in [3.8, 4) is 0 Å². The second-order valence-electron chi connectivity index (χ2n) is 5.23. The largest absolute Gasteiger partial charge is 0.348 e. The Balaban J connectivity index is 1.99. The zero-order valence-corrected chi connectivity index (χ0v) is 10.9. The van der Waals surface area contributed by atoms with E-state index in [1.54, 1.807) is 0 Å². The molecule has 0 spiro atoms. The maximum absolute atomic E-state index is 11.8. The number of fused-ring (bicyclic) bond motifs is 3. The van der Waals surface area contributed by atoms with Gasteiger partial charge in [0.15, 0.2) is 5.78 Å². The Labute approximate surface area is 107 Å². The van der Waals surface area contributed by atoms with Crippen molar-refractivity contribution in [1.29, 1.82) is 0 Å². The van der Waals surface area contributed by atoms with Crippen molar-refractivity contribution in [3.05, 3.63) is 23.4 Å². The van der Waals surface area contributed by atoms with Gasteiger partial charge in [-0.25, -0.2) is 4.98 Å². The molecule has 0 saturated carbocycles. The van der Waals surface area contributed by atoms with Crippen LogP contribution in [0.1, 0.15) is 36.3 Å². The van der Waals surface area contributed by atoms with E-state index >= 15 is 0 Å². The molecular formula is C14H19N3O. The summed E-state index contributed by atoms with van der Waals surface area (Å²) in [5.41, 5.74) is 1.89. The number of hydrogen-bond acceptors (Lipinski definition) is 4. The normalized spacial score (nSPS) is 25.8. The van der Waals surface area contributed by atoms with Crippen LogP contribution in [0.15, 0.2) is 12.1 Å². The number of anilines is 1. The molecule has 96 valence electrons. The lowest BCUT2D eigenvalue weighted by molar-refractivity contribution is 0.0983. The SMILES string of the molecule is CCC(=O)c1ccc2c(n1)N1[C@@H](CNC[C@H]1C)C2. The summed E-state index contributed by atoms with van der Waals surface area (Å²) in [6.07, 6.45) is 1.56. The molecule has 2 aliphatic rings. The Bertz CT molecular complexity index is 486. The van der Waals surface area contributed by atoms with E-state index in [0.29, 0.717) is 24.2 Å². The van der Waals surface area contributed by atoms with Gasteiger partial charge in [-0.3, -0.25) is 4.79 Å². The predicted molar refractivity (Wildman–Crippen MR) is 71.2 cm³/mol. The van der Waals surface area contributed by atoms with Crippen molar-refractivity contribution in [2.24, 2.45) is 0 Å². The summed E-state index contributed by atoms with van der Waals surface area (Å²) in [4.78, 5) is 18.8. The Kier molecular flexibility index (Phi) is 2.82. The van der Waals surface area contributed by atoms with Crippen molar-refractivity contribution < 1.29 is 4.79 Å². The van der Waals surface area contributed by atoms with E-state index in [-0.39, 0.29) is 5.78 Å². The Morgan fingerprint density at radius 3 is 3.11 bits per heavy atom. The van der Waals surface area contributed by atoms with Gasteiger partial charge in [-0.05, 0) is 25.0 Å². The molecule has 1 aromatic rings. The van der Waals surface area contributed by atoms with Crippen LogP contribution in [0.5, 0.6) is 0 Å². The first kappa shape index (κ1) is 11.7. The Hall–Kier alpha value is -1.42. The molecule has 1 N–H and O–H groups in total. The summed E-state index contributed by atoms with van der Waals surface area (Å²) in [7, 11) is 0. The number of hydrogen-bond donors (Lipinski definition) is 1. The number of carbonyl (C=O) groups is 1. The highest BCUT2D eigenvalue weighted by Gasteiger charge is 2.36. The number of nitrogens with zero attached hydrogens (tertiary/aromatic N) is 2. The van der Waals surface area contributed by atoms with E-state index < -0.39 is 0 Å². The number of Topliss-reactive ketones (excluding diaryl/α,β-unsaturated/α-hetero) is 1. The van der Waals surface area contributed by atoms with Gasteiger partial charge in [-0.1, -0.05) is 13.0 Å². The molecule has 2 atom stereocenters. The number of nitrogens with one attached hydrogen (secondary N) is 1. The minimum Gasteiger partial charge on any atom is -0.348 e. The van der Waals surface area contributed by atoms with Gasteiger partial charge < -0.3 is 10.2 Å². The van der Waals surface area contributed by atoms with Crippen LogP contribution >= 0.6 is 0 Å². The number of rotatable bonds is 2. The maximum Gasteiger partial charge on any atom is 0.180 e. The molecule has 3 heterocycles. The monoisotopic (exact) mass is 245 g/mol. The third-order valence-electron chi connectivity index (χ3n) is 3.95. The first-order chi connectivity index (χ1) is 8.70. The molecule has 0 bridgehead atoms. The second-order valence-corrected chi connectivity index (χ2v) is 5.23. The predicted octanol–water partition coefficient (Wildman–Crippen LogP) is 1.40. The average molecular weight is 245 g/mol. The van der Waals surface area contributed by atoms with Crippen molar-refractivity contribution >= 4 is 11.6 Å². The van der Waals surface area contributed by atoms with Gasteiger partial charge in [0.05, 0.1) is 0 Å². The van der Waals surface area contributed by atoms with Gasteiger partial charge in [0, 0.05) is 31.6 Å². The van der Waals surface area contributed by atoms with Crippen molar-refractivity contribution in [1.82, 2.24) is 10.3 Å². The number of aromatic nitrogens is 1. The lowest BCUT2D eigenvalue weighted by Gasteiger charge is -2.37. The van der Waals surface area contributed by atoms with Crippen molar-refractivity contribution in [2.45, 2.75) is 38.8 Å². The van der Waals surface area contributed by atoms with Gasteiger partial charge in [-0.15, -0.1) is 0 Å². The number of carbonyl (C=O) groups excluding carboxylic acids is 1. The molecule has 1 saturated heterocycles. The van der Waals surface area contributed by atoms with Gasteiger partial charge in [0.1, 0.15) is 11.5 Å². The third kappa shape index (κ3) is 1.72. The topological polar surface area (TPSA) is 45.2 Å². The van der Waals surface area contributed by atoms with Gasteiger partial charge in [-0.2, -0.15) is 0 Å². The standard InChI is InChI=1S/C14H19N3O/c1-3-13(18)12-5-4-10-6-11-8-15-7-9(2)17(11)14(10)16-12/h4-5,9,11,15H,3,6-8H2,1-2H3/t9-,11-/m1/s1. The number of ketones is 1. The molecule has 0 radical (unpaired) electrons. The molecule has 4 nitrogen and oxygen atoms in total. The number of piperazine rings is 1. The van der Waals surface area contributed by atoms with Crippen LogP contribution in [0.25, 0.3) is 0 Å². The number of pyridine rings is 1. The highest BCUT2D eigenvalue weighted by atomic mass is 16.1. The van der Waals surface area contributed by atoms with Crippen LogP contribution in [0, 0.1) is 0 Å². The summed E-state index contributed by atoms with van der Waals surface area (Å²) in [5.74, 6) is 1.16. The fraction of sp³-hybridized carbons (Fsp3) is 0.571. The molecule has 0 aliphatic carbocycles. The molecule has 0 aromatic carbocycles. The summed E-state index contributed by atoms with van der Waals surface area (Å²) in [5, 5.41) is 3.45. The lowest BCUT2D eigenvalue weighted by Crippen LogP contribution is -2.55. The van der Waals surface area contributed by atoms with E-state index in [2.05, 4.69) is 28.2 Å². The van der Waals surface area contributed by atoms with E-state index in [1.165, 1.54) is 5.56 Å². The molecule has 1 aromatic heterocycles. The minimum absolute atomic E-state index is 0.129. The van der Waals surface area contributed by atoms with Crippen LogP contribution in [-0.4, -0.2) is 35.9 Å². The first-order valence-electron chi connectivity index (χ1n) is 6.73. The van der Waals surface area contributed by atoms with E-state index in [1.807, 2.05) is 13.0 Å². The molecule has 2 aliphatic heterocycles. The van der Waals surface area contributed by atoms with Crippen LogP contribution in [0.2, 0.25) is 0 Å². The minimum atomic E-state index is 0.129. The van der Waals surface area contributed by atoms with Crippen LogP contribution < -0.4 is 10.2 Å². The summed E-state index contributed by atoms with van der Waals surface area (Å²) >= 11 is 0. The average Bonchev–Trinajstić information content (AvgIpc) is 2.76. The van der Waals surface area contributed by atoms with Gasteiger partial charge in [0.25, 0.3) is 0 Å². The molecule has 0 unspecified atom stereocenters. The van der Waals surface area contributed by atoms with E-state index in [4.69, 9.17) is 0 Å². The summed E-state index contributed by atoms with van der Waals surface area (Å²) in [6.45, 7) is 6.10. The van der Waals surface area contributed by atoms with E-state index in [0.717, 1.165) is 25.3 Å². The molecule has 18 heavy (non-hydrogen) atoms. The zero-order chi connectivity index (χ0) is 12.7. The Morgan fingerprint density at radius 1 is 1.50 bits per heavy atom. The van der Waals surface area contributed by atoms with Gasteiger partial charge in [0.2, 0.25) is 0 Å². The fourth-order valence-corrected chi connectivity index (χ4v) is 3.02. The maximum atomic E-state index is 11.8. The van der Waals surface area contributed by atoms with Gasteiger partial charge >= 0.3 is 0 Å². The van der Waals surface area contributed by atoms with Crippen LogP contribution in [-0.2, 0) is 6.42 Å². The molecule has 0 amide bonds. The highest BCUT2D eigenvalue weighted by Crippen LogP contribution is 2.33. The van der Waals surface area contributed by atoms with Crippen molar-refractivity contribution in [2.75, 3.05) is 18.0 Å². The zero-order valence-electron chi connectivity index (χ0n) is 10.9. The fourth-order valence-electron chi connectivity index (χ4n) is 3.02. The molecule has 3 rings (SSSR count). The molecule has 1 fully saturated rings. The lowest BCUT2D eigenvalue weighted by atomic mass is 10.1. The highest BCUT2D eigenvalue weighted by molar-refractivity contribution is 5.94. The summed E-state index contributed by atoms with van der Waals surface area (Å²) < 4.78 is 0. The third-order valence-corrected chi connectivity index (χ3v) is 3.95. The molecular weight excluding hydrogens is 226 g/mol.